The van der Waals surface area contributed by atoms with Crippen molar-refractivity contribution in [1.29, 1.82) is 0 Å². The third kappa shape index (κ3) is 2.65. The summed E-state index contributed by atoms with van der Waals surface area (Å²) in [5, 5.41) is 12.4. The maximum absolute atomic E-state index is 12.0. The van der Waals surface area contributed by atoms with Gasteiger partial charge in [0, 0.05) is 38.1 Å². The molecule has 0 unspecified atom stereocenters. The molecule has 0 aliphatic heterocycles. The Bertz CT molecular complexity index is 731. The highest BCUT2D eigenvalue weighted by molar-refractivity contribution is 5.50. The van der Waals surface area contributed by atoms with E-state index >= 15 is 0 Å². The van der Waals surface area contributed by atoms with E-state index in [4.69, 9.17) is 0 Å². The van der Waals surface area contributed by atoms with Crippen LogP contribution in [0.15, 0.2) is 40.1 Å². The number of aryl methyl sites for hydroxylation is 1. The highest BCUT2D eigenvalue weighted by atomic mass is 16.3. The molecule has 2 N–H and O–H groups in total. The second kappa shape index (κ2) is 5.75. The lowest BCUT2D eigenvalue weighted by atomic mass is 10.2. The van der Waals surface area contributed by atoms with Gasteiger partial charge in [0.25, 0.3) is 5.56 Å². The first-order chi connectivity index (χ1) is 9.54. The molecule has 0 spiro atoms. The molecule has 2 rings (SSSR count). The standard InChI is InChI=1S/C14H17N3O3/c1-16-8-11(13(19)17(2)14(16)20)7-15-12-6-4-3-5-10(12)9-18/h3-6,8,15,18H,7,9H2,1-2H3. The summed E-state index contributed by atoms with van der Waals surface area (Å²) in [5.74, 6) is 0. The summed E-state index contributed by atoms with van der Waals surface area (Å²) in [6.07, 6.45) is 1.53. The fourth-order valence-electron chi connectivity index (χ4n) is 2.03. The van der Waals surface area contributed by atoms with E-state index in [0.717, 1.165) is 15.8 Å². The van der Waals surface area contributed by atoms with E-state index in [9.17, 15) is 14.7 Å². The summed E-state index contributed by atoms with van der Waals surface area (Å²) in [7, 11) is 3.06. The Morgan fingerprint density at radius 1 is 1.15 bits per heavy atom. The van der Waals surface area contributed by atoms with E-state index < -0.39 is 0 Å². The maximum atomic E-state index is 12.0. The number of hydrogen-bond acceptors (Lipinski definition) is 4. The lowest BCUT2D eigenvalue weighted by Gasteiger charge is -2.11. The molecule has 106 valence electrons. The van der Waals surface area contributed by atoms with Gasteiger partial charge in [-0.3, -0.25) is 9.36 Å². The van der Waals surface area contributed by atoms with Gasteiger partial charge in [0.05, 0.1) is 12.2 Å². The summed E-state index contributed by atoms with van der Waals surface area (Å²) in [4.78, 5) is 23.6. The van der Waals surface area contributed by atoms with Crippen LogP contribution in [0.5, 0.6) is 0 Å². The quantitative estimate of drug-likeness (QED) is 0.835. The zero-order chi connectivity index (χ0) is 14.7. The molecule has 1 aromatic carbocycles. The highest BCUT2D eigenvalue weighted by Gasteiger charge is 2.07. The molecule has 0 saturated carbocycles. The fraction of sp³-hybridized carbons (Fsp3) is 0.286. The summed E-state index contributed by atoms with van der Waals surface area (Å²) < 4.78 is 2.45. The minimum atomic E-state index is -0.352. The third-order valence-electron chi connectivity index (χ3n) is 3.17. The third-order valence-corrected chi connectivity index (χ3v) is 3.17. The Labute approximate surface area is 115 Å². The first-order valence-electron chi connectivity index (χ1n) is 6.22. The van der Waals surface area contributed by atoms with Gasteiger partial charge in [-0.1, -0.05) is 18.2 Å². The van der Waals surface area contributed by atoms with Gasteiger partial charge in [-0.15, -0.1) is 0 Å². The molecule has 0 saturated heterocycles. The van der Waals surface area contributed by atoms with E-state index in [1.807, 2.05) is 18.2 Å². The molecule has 0 fully saturated rings. The Balaban J connectivity index is 2.28. The van der Waals surface area contributed by atoms with Gasteiger partial charge in [-0.25, -0.2) is 4.79 Å². The number of aliphatic hydroxyl groups excluding tert-OH is 1. The first kappa shape index (κ1) is 14.1. The predicted molar refractivity (Wildman–Crippen MR) is 76.6 cm³/mol. The van der Waals surface area contributed by atoms with Crippen molar-refractivity contribution >= 4 is 5.69 Å². The molecule has 0 aliphatic carbocycles. The minimum Gasteiger partial charge on any atom is -0.392 e. The smallest absolute Gasteiger partial charge is 0.330 e. The number of nitrogens with one attached hydrogen (secondary N) is 1. The van der Waals surface area contributed by atoms with Crippen molar-refractivity contribution in [3.8, 4) is 0 Å². The second-order valence-electron chi connectivity index (χ2n) is 4.58. The summed E-state index contributed by atoms with van der Waals surface area (Å²) >= 11 is 0. The van der Waals surface area contributed by atoms with Crippen LogP contribution in [0.3, 0.4) is 0 Å². The minimum absolute atomic E-state index is 0.0749. The zero-order valence-electron chi connectivity index (χ0n) is 11.5. The lowest BCUT2D eigenvalue weighted by molar-refractivity contribution is 0.282. The van der Waals surface area contributed by atoms with E-state index in [2.05, 4.69) is 5.32 Å². The Kier molecular flexibility index (Phi) is 4.05. The van der Waals surface area contributed by atoms with Gasteiger partial charge in [-0.2, -0.15) is 0 Å². The van der Waals surface area contributed by atoms with Crippen molar-refractivity contribution in [1.82, 2.24) is 9.13 Å². The topological polar surface area (TPSA) is 76.3 Å². The first-order valence-corrected chi connectivity index (χ1v) is 6.22. The van der Waals surface area contributed by atoms with Gasteiger partial charge in [0.1, 0.15) is 0 Å². The number of aliphatic hydroxyl groups is 1. The van der Waals surface area contributed by atoms with Crippen LogP contribution in [0, 0.1) is 0 Å². The van der Waals surface area contributed by atoms with Crippen molar-refractivity contribution in [3.05, 3.63) is 62.4 Å². The number of hydrogen-bond donors (Lipinski definition) is 2. The molecule has 1 heterocycles. The normalized spacial score (nSPS) is 10.6. The maximum Gasteiger partial charge on any atom is 0.330 e. The largest absolute Gasteiger partial charge is 0.392 e. The van der Waals surface area contributed by atoms with E-state index in [1.54, 1.807) is 13.1 Å². The Morgan fingerprint density at radius 2 is 1.85 bits per heavy atom. The molecule has 0 aliphatic rings. The molecular formula is C14H17N3O3. The van der Waals surface area contributed by atoms with Crippen LogP contribution in [-0.4, -0.2) is 14.2 Å². The van der Waals surface area contributed by atoms with Crippen LogP contribution < -0.4 is 16.6 Å². The average Bonchev–Trinajstić information content (AvgIpc) is 2.47. The van der Waals surface area contributed by atoms with Crippen molar-refractivity contribution in [2.24, 2.45) is 14.1 Å². The monoisotopic (exact) mass is 275 g/mol. The van der Waals surface area contributed by atoms with Crippen LogP contribution in [0.4, 0.5) is 5.69 Å². The van der Waals surface area contributed by atoms with Crippen LogP contribution >= 0.6 is 0 Å². The highest BCUT2D eigenvalue weighted by Crippen LogP contribution is 2.15. The lowest BCUT2D eigenvalue weighted by Crippen LogP contribution is -2.38. The van der Waals surface area contributed by atoms with Crippen molar-refractivity contribution < 1.29 is 5.11 Å². The summed E-state index contributed by atoms with van der Waals surface area (Å²) in [5.41, 5.74) is 1.35. The zero-order valence-corrected chi connectivity index (χ0v) is 11.5. The number of anilines is 1. The van der Waals surface area contributed by atoms with Crippen LogP contribution in [0.2, 0.25) is 0 Å². The van der Waals surface area contributed by atoms with Gasteiger partial charge < -0.3 is 15.0 Å². The van der Waals surface area contributed by atoms with Crippen LogP contribution in [0.25, 0.3) is 0 Å². The molecule has 6 heteroatoms. The predicted octanol–water partition coefficient (Wildman–Crippen LogP) is 0.188. The number of benzene rings is 1. The van der Waals surface area contributed by atoms with Gasteiger partial charge in [-0.05, 0) is 6.07 Å². The molecule has 0 radical (unpaired) electrons. The molecule has 0 atom stereocenters. The molecule has 6 nitrogen and oxygen atoms in total. The Morgan fingerprint density at radius 3 is 2.55 bits per heavy atom. The Hall–Kier alpha value is -2.34. The number of rotatable bonds is 4. The summed E-state index contributed by atoms with van der Waals surface area (Å²) in [6, 6.07) is 7.32. The van der Waals surface area contributed by atoms with E-state index in [1.165, 1.54) is 17.8 Å². The molecule has 0 amide bonds. The van der Waals surface area contributed by atoms with E-state index in [-0.39, 0.29) is 24.4 Å². The van der Waals surface area contributed by atoms with Gasteiger partial charge in [0.2, 0.25) is 0 Å². The van der Waals surface area contributed by atoms with Gasteiger partial charge >= 0.3 is 5.69 Å². The molecule has 0 bridgehead atoms. The molecule has 2 aromatic rings. The second-order valence-corrected chi connectivity index (χ2v) is 4.58. The fourth-order valence-corrected chi connectivity index (χ4v) is 2.03. The molecule has 20 heavy (non-hydrogen) atoms. The number of para-hydroxylation sites is 1. The number of nitrogens with zero attached hydrogens (tertiary/aromatic N) is 2. The molecule has 1 aromatic heterocycles. The number of aromatic nitrogens is 2. The van der Waals surface area contributed by atoms with Crippen molar-refractivity contribution in [2.75, 3.05) is 5.32 Å². The average molecular weight is 275 g/mol. The van der Waals surface area contributed by atoms with Crippen molar-refractivity contribution in [2.45, 2.75) is 13.2 Å². The SMILES string of the molecule is Cn1cc(CNc2ccccc2CO)c(=O)n(C)c1=O. The van der Waals surface area contributed by atoms with E-state index in [0.29, 0.717) is 5.56 Å². The summed E-state index contributed by atoms with van der Waals surface area (Å²) in [6.45, 7) is 0.215. The van der Waals surface area contributed by atoms with Gasteiger partial charge in [0.15, 0.2) is 0 Å². The van der Waals surface area contributed by atoms with Crippen molar-refractivity contribution in [3.63, 3.8) is 0 Å². The molecular weight excluding hydrogens is 258 g/mol. The van der Waals surface area contributed by atoms with Crippen LogP contribution in [-0.2, 0) is 27.2 Å². The van der Waals surface area contributed by atoms with Crippen LogP contribution in [0.1, 0.15) is 11.1 Å².